The lowest BCUT2D eigenvalue weighted by Gasteiger charge is -2.45. The van der Waals surface area contributed by atoms with Crippen LogP contribution in [-0.2, 0) is 5.41 Å². The van der Waals surface area contributed by atoms with E-state index in [0.29, 0.717) is 5.41 Å². The molecule has 1 N–H and O–H groups in total. The summed E-state index contributed by atoms with van der Waals surface area (Å²) < 4.78 is 0. The molecule has 1 aliphatic rings. The van der Waals surface area contributed by atoms with Crippen LogP contribution >= 0.6 is 0 Å². The van der Waals surface area contributed by atoms with Crippen LogP contribution in [-0.4, -0.2) is 7.05 Å². The molecule has 0 amide bonds. The molecule has 0 heterocycles. The second kappa shape index (κ2) is 8.18. The van der Waals surface area contributed by atoms with Crippen LogP contribution in [0.15, 0.2) is 24.3 Å². The number of anilines is 1. The molecule has 0 aliphatic heterocycles. The third-order valence-electron chi connectivity index (χ3n) is 3.44. The predicted molar refractivity (Wildman–Crippen MR) is 84.4 cm³/mol. The van der Waals surface area contributed by atoms with Gasteiger partial charge in [0.25, 0.3) is 0 Å². The lowest BCUT2D eigenvalue weighted by molar-refractivity contribution is 0.178. The molecule has 0 bridgehead atoms. The zero-order chi connectivity index (χ0) is 14.2. The first kappa shape index (κ1) is 17.0. The Morgan fingerprint density at radius 3 is 2.00 bits per heavy atom. The van der Waals surface area contributed by atoms with Crippen molar-refractivity contribution in [2.45, 2.75) is 59.8 Å². The molecule has 1 aliphatic carbocycles. The number of benzene rings is 1. The van der Waals surface area contributed by atoms with E-state index in [1.165, 1.54) is 24.1 Å². The molecule has 18 heavy (non-hydrogen) atoms. The molecule has 1 heteroatoms. The fraction of sp³-hybridized carbons (Fsp3) is 0.647. The van der Waals surface area contributed by atoms with Crippen molar-refractivity contribution in [3.8, 4) is 0 Å². The summed E-state index contributed by atoms with van der Waals surface area (Å²) in [6.45, 7) is 12.7. The SMILES string of the molecule is CC.CC.CNc1ccccc1C1(C)CC(C)C1. The third kappa shape index (κ3) is 3.76. The van der Waals surface area contributed by atoms with Gasteiger partial charge in [-0.2, -0.15) is 0 Å². The Morgan fingerprint density at radius 2 is 1.56 bits per heavy atom. The first-order chi connectivity index (χ1) is 8.65. The molecule has 0 radical (unpaired) electrons. The second-order valence-electron chi connectivity index (χ2n) is 4.87. The lowest BCUT2D eigenvalue weighted by atomic mass is 9.60. The summed E-state index contributed by atoms with van der Waals surface area (Å²) >= 11 is 0. The zero-order valence-electron chi connectivity index (χ0n) is 13.3. The van der Waals surface area contributed by atoms with E-state index in [2.05, 4.69) is 43.4 Å². The average Bonchev–Trinajstić information content (AvgIpc) is 2.41. The standard InChI is InChI=1S/C13H19N.2C2H6/c1-10-8-13(2,9-10)11-6-4-5-7-12(11)14-3;2*1-2/h4-7,10,14H,8-9H2,1-3H3;2*1-2H3. The van der Waals surface area contributed by atoms with Gasteiger partial charge in [-0.3, -0.25) is 0 Å². The summed E-state index contributed by atoms with van der Waals surface area (Å²) in [4.78, 5) is 0. The Hall–Kier alpha value is -0.980. The summed E-state index contributed by atoms with van der Waals surface area (Å²) in [6, 6.07) is 8.67. The van der Waals surface area contributed by atoms with Gasteiger partial charge in [-0.25, -0.2) is 0 Å². The Balaban J connectivity index is 0.000000659. The van der Waals surface area contributed by atoms with E-state index in [-0.39, 0.29) is 0 Å². The summed E-state index contributed by atoms with van der Waals surface area (Å²) in [5.41, 5.74) is 3.20. The van der Waals surface area contributed by atoms with Gasteiger partial charge in [0.1, 0.15) is 0 Å². The summed E-state index contributed by atoms with van der Waals surface area (Å²) in [5, 5.41) is 3.28. The predicted octanol–water partition coefficient (Wildman–Crippen LogP) is 5.47. The Labute approximate surface area is 114 Å². The van der Waals surface area contributed by atoms with Crippen LogP contribution in [0.3, 0.4) is 0 Å². The van der Waals surface area contributed by atoms with Crippen molar-refractivity contribution < 1.29 is 0 Å². The summed E-state index contributed by atoms with van der Waals surface area (Å²) in [5.74, 6) is 0.893. The van der Waals surface area contributed by atoms with Gasteiger partial charge in [0.05, 0.1) is 0 Å². The van der Waals surface area contributed by atoms with Crippen LogP contribution in [0.2, 0.25) is 0 Å². The fourth-order valence-corrected chi connectivity index (χ4v) is 2.93. The molecule has 1 saturated carbocycles. The fourth-order valence-electron chi connectivity index (χ4n) is 2.93. The van der Waals surface area contributed by atoms with Crippen LogP contribution in [0, 0.1) is 5.92 Å². The van der Waals surface area contributed by atoms with Crippen molar-refractivity contribution in [2.24, 2.45) is 5.92 Å². The first-order valence-electron chi connectivity index (χ1n) is 7.43. The van der Waals surface area contributed by atoms with Gasteiger partial charge in [-0.05, 0) is 35.8 Å². The number of nitrogens with one attached hydrogen (secondary N) is 1. The molecule has 1 aromatic rings. The Morgan fingerprint density at radius 1 is 1.06 bits per heavy atom. The molecule has 1 aromatic carbocycles. The van der Waals surface area contributed by atoms with Crippen LogP contribution in [0.4, 0.5) is 5.69 Å². The van der Waals surface area contributed by atoms with E-state index in [1.807, 2.05) is 34.7 Å². The van der Waals surface area contributed by atoms with Gasteiger partial charge < -0.3 is 5.32 Å². The largest absolute Gasteiger partial charge is 0.388 e. The molecule has 1 fully saturated rings. The molecule has 104 valence electrons. The summed E-state index contributed by atoms with van der Waals surface area (Å²) in [7, 11) is 2.00. The minimum Gasteiger partial charge on any atom is -0.388 e. The minimum atomic E-state index is 0.416. The highest BCUT2D eigenvalue weighted by atomic mass is 14.8. The molecule has 0 atom stereocenters. The number of hydrogen-bond donors (Lipinski definition) is 1. The van der Waals surface area contributed by atoms with Crippen molar-refractivity contribution in [1.29, 1.82) is 0 Å². The van der Waals surface area contributed by atoms with Gasteiger partial charge in [0.15, 0.2) is 0 Å². The highest BCUT2D eigenvalue weighted by Gasteiger charge is 2.40. The number of rotatable bonds is 2. The monoisotopic (exact) mass is 249 g/mol. The van der Waals surface area contributed by atoms with E-state index in [1.54, 1.807) is 0 Å². The third-order valence-corrected chi connectivity index (χ3v) is 3.44. The maximum atomic E-state index is 3.28. The van der Waals surface area contributed by atoms with Gasteiger partial charge in [-0.1, -0.05) is 59.7 Å². The van der Waals surface area contributed by atoms with Gasteiger partial charge in [0, 0.05) is 12.7 Å². The topological polar surface area (TPSA) is 12.0 Å². The highest BCUT2D eigenvalue weighted by molar-refractivity contribution is 5.54. The first-order valence-corrected chi connectivity index (χ1v) is 7.43. The molecule has 1 nitrogen and oxygen atoms in total. The zero-order valence-corrected chi connectivity index (χ0v) is 13.3. The molecule has 2 rings (SSSR count). The number of para-hydroxylation sites is 1. The van der Waals surface area contributed by atoms with Crippen LogP contribution in [0.1, 0.15) is 59.9 Å². The van der Waals surface area contributed by atoms with E-state index >= 15 is 0 Å². The van der Waals surface area contributed by atoms with E-state index < -0.39 is 0 Å². The quantitative estimate of drug-likeness (QED) is 0.733. The van der Waals surface area contributed by atoms with Crippen LogP contribution in [0.5, 0.6) is 0 Å². The minimum absolute atomic E-state index is 0.416. The van der Waals surface area contributed by atoms with Gasteiger partial charge in [-0.15, -0.1) is 0 Å². The maximum absolute atomic E-state index is 3.28. The molecule has 0 spiro atoms. The van der Waals surface area contributed by atoms with E-state index in [9.17, 15) is 0 Å². The maximum Gasteiger partial charge on any atom is 0.0375 e. The van der Waals surface area contributed by atoms with E-state index in [0.717, 1.165) is 5.92 Å². The van der Waals surface area contributed by atoms with Crippen molar-refractivity contribution in [1.82, 2.24) is 0 Å². The van der Waals surface area contributed by atoms with Crippen LogP contribution in [0.25, 0.3) is 0 Å². The Kier molecular flexibility index (Phi) is 7.73. The van der Waals surface area contributed by atoms with Crippen LogP contribution < -0.4 is 5.32 Å². The van der Waals surface area contributed by atoms with Gasteiger partial charge in [0.2, 0.25) is 0 Å². The highest BCUT2D eigenvalue weighted by Crippen LogP contribution is 2.49. The van der Waals surface area contributed by atoms with Crippen molar-refractivity contribution in [2.75, 3.05) is 12.4 Å². The van der Waals surface area contributed by atoms with Crippen molar-refractivity contribution >= 4 is 5.69 Å². The van der Waals surface area contributed by atoms with E-state index in [4.69, 9.17) is 0 Å². The second-order valence-corrected chi connectivity index (χ2v) is 4.87. The molecular formula is C17H31N. The van der Waals surface area contributed by atoms with Crippen molar-refractivity contribution in [3.05, 3.63) is 29.8 Å². The summed E-state index contributed by atoms with van der Waals surface area (Å²) in [6.07, 6.45) is 2.65. The molecule has 0 saturated heterocycles. The molecule has 0 aromatic heterocycles. The lowest BCUT2D eigenvalue weighted by Crippen LogP contribution is -2.37. The normalized spacial score (nSPS) is 24.7. The van der Waals surface area contributed by atoms with Gasteiger partial charge >= 0.3 is 0 Å². The Bertz CT molecular complexity index is 324. The van der Waals surface area contributed by atoms with Crippen molar-refractivity contribution in [3.63, 3.8) is 0 Å². The average molecular weight is 249 g/mol. The smallest absolute Gasteiger partial charge is 0.0375 e. The number of hydrogen-bond acceptors (Lipinski definition) is 1. The molecular weight excluding hydrogens is 218 g/mol. The molecule has 0 unspecified atom stereocenters.